The van der Waals surface area contributed by atoms with Gasteiger partial charge in [0.25, 0.3) is 0 Å². The number of aliphatic hydroxyl groups excluding tert-OH is 1. The Balaban J connectivity index is 1.36. The van der Waals surface area contributed by atoms with E-state index in [-0.39, 0.29) is 31.1 Å². The lowest BCUT2D eigenvalue weighted by Gasteiger charge is -2.32. The van der Waals surface area contributed by atoms with Crippen LogP contribution in [-0.4, -0.2) is 74.2 Å². The smallest absolute Gasteiger partial charge is 0.230 e. The Morgan fingerprint density at radius 3 is 3.00 bits per heavy atom. The van der Waals surface area contributed by atoms with Gasteiger partial charge in [-0.1, -0.05) is 41.6 Å². The van der Waals surface area contributed by atoms with E-state index in [0.717, 1.165) is 29.3 Å². The number of rotatable bonds is 9. The number of aliphatic hydroxyl groups is 1. The van der Waals surface area contributed by atoms with Crippen molar-refractivity contribution in [3.8, 4) is 5.75 Å². The standard InChI is InChI=1S/C25H28N6O4/c1-30(25(33)12-23-21-8-3-2-5-18(21)15-35-23)22(14-31-10-9-19(32)13-31)17-6-4-7-20(11-17)34-16-24-26-28-29-27-24/h2-8,11,15,19,22,32H,9-10,12-14,16H2,1H3,(H,26,27,28,29)/t19-,22-/m1/s1. The highest BCUT2D eigenvalue weighted by atomic mass is 16.5. The molecule has 1 aliphatic rings. The molecule has 1 aliphatic heterocycles. The molecule has 2 aromatic heterocycles. The number of tetrazole rings is 1. The number of nitrogens with one attached hydrogen (secondary N) is 1. The molecule has 35 heavy (non-hydrogen) atoms. The monoisotopic (exact) mass is 476 g/mol. The summed E-state index contributed by atoms with van der Waals surface area (Å²) in [5.41, 5.74) is 0.942. The lowest BCUT2D eigenvalue weighted by atomic mass is 10.0. The van der Waals surface area contributed by atoms with E-state index in [0.29, 0.717) is 30.4 Å². The predicted octanol–water partition coefficient (Wildman–Crippen LogP) is 2.33. The van der Waals surface area contributed by atoms with Gasteiger partial charge in [-0.25, -0.2) is 0 Å². The average molecular weight is 477 g/mol. The molecule has 0 spiro atoms. The Hall–Kier alpha value is -3.76. The van der Waals surface area contributed by atoms with Gasteiger partial charge < -0.3 is 19.2 Å². The molecule has 0 unspecified atom stereocenters. The van der Waals surface area contributed by atoms with Crippen molar-refractivity contribution in [3.05, 3.63) is 71.9 Å². The summed E-state index contributed by atoms with van der Waals surface area (Å²) in [5.74, 6) is 1.71. The molecule has 0 radical (unpaired) electrons. The van der Waals surface area contributed by atoms with Gasteiger partial charge in [-0.2, -0.15) is 5.21 Å². The van der Waals surface area contributed by atoms with E-state index in [1.54, 1.807) is 11.2 Å². The van der Waals surface area contributed by atoms with E-state index >= 15 is 0 Å². The highest BCUT2D eigenvalue weighted by Gasteiger charge is 2.29. The third-order valence-corrected chi connectivity index (χ3v) is 6.44. The molecule has 0 aliphatic carbocycles. The summed E-state index contributed by atoms with van der Waals surface area (Å²) >= 11 is 0. The van der Waals surface area contributed by atoms with Crippen molar-refractivity contribution >= 4 is 16.7 Å². The van der Waals surface area contributed by atoms with E-state index in [4.69, 9.17) is 9.15 Å². The van der Waals surface area contributed by atoms with Gasteiger partial charge >= 0.3 is 0 Å². The van der Waals surface area contributed by atoms with Crippen molar-refractivity contribution in [2.45, 2.75) is 31.6 Å². The number of aromatic amines is 1. The molecule has 10 nitrogen and oxygen atoms in total. The second-order valence-electron chi connectivity index (χ2n) is 8.83. The number of H-pyrrole nitrogens is 1. The number of benzene rings is 2. The van der Waals surface area contributed by atoms with Crippen LogP contribution < -0.4 is 4.74 Å². The summed E-state index contributed by atoms with van der Waals surface area (Å²) < 4.78 is 11.6. The SMILES string of the molecule is CN(C(=O)Cc1occ2ccccc12)[C@H](CN1CC[C@@H](O)C1)c1cccc(OCc2nn[nH]n2)c1. The van der Waals surface area contributed by atoms with Crippen molar-refractivity contribution in [3.63, 3.8) is 0 Å². The van der Waals surface area contributed by atoms with Crippen molar-refractivity contribution in [1.29, 1.82) is 0 Å². The second kappa shape index (κ2) is 10.2. The summed E-state index contributed by atoms with van der Waals surface area (Å²) in [7, 11) is 1.82. The Labute approximate surface area is 202 Å². The molecule has 1 saturated heterocycles. The van der Waals surface area contributed by atoms with E-state index in [1.165, 1.54) is 0 Å². The number of hydrogen-bond acceptors (Lipinski definition) is 8. The largest absolute Gasteiger partial charge is 0.485 e. The molecule has 5 rings (SSSR count). The number of carbonyl (C=O) groups is 1. The molecule has 0 saturated carbocycles. The molecule has 2 aromatic carbocycles. The third kappa shape index (κ3) is 5.33. The molecular formula is C25H28N6O4. The van der Waals surface area contributed by atoms with Crippen molar-refractivity contribution < 1.29 is 19.1 Å². The number of ether oxygens (including phenoxy) is 1. The van der Waals surface area contributed by atoms with Gasteiger partial charge in [-0.05, 0) is 24.1 Å². The first kappa shape index (κ1) is 23.0. The predicted molar refractivity (Wildman–Crippen MR) is 127 cm³/mol. The fraction of sp³-hybridized carbons (Fsp3) is 0.360. The maximum Gasteiger partial charge on any atom is 0.230 e. The number of aromatic nitrogens is 4. The number of hydrogen-bond donors (Lipinski definition) is 2. The van der Waals surface area contributed by atoms with Crippen molar-refractivity contribution in [2.24, 2.45) is 0 Å². The lowest BCUT2D eigenvalue weighted by Crippen LogP contribution is -2.39. The van der Waals surface area contributed by atoms with Crippen LogP contribution in [0.1, 0.15) is 29.6 Å². The maximum atomic E-state index is 13.4. The van der Waals surface area contributed by atoms with Crippen LogP contribution in [0.15, 0.2) is 59.2 Å². The number of furan rings is 1. The van der Waals surface area contributed by atoms with Crippen molar-refractivity contribution in [1.82, 2.24) is 30.4 Å². The minimum Gasteiger partial charge on any atom is -0.485 e. The van der Waals surface area contributed by atoms with Crippen LogP contribution in [0.25, 0.3) is 10.8 Å². The minimum atomic E-state index is -0.337. The van der Waals surface area contributed by atoms with Crippen LogP contribution in [0.5, 0.6) is 5.75 Å². The van der Waals surface area contributed by atoms with Crippen LogP contribution in [0.2, 0.25) is 0 Å². The summed E-state index contributed by atoms with van der Waals surface area (Å²) in [5, 5.41) is 25.7. The number of β-amino-alcohol motifs (C(OH)–C–C–N with tert-alkyl or cyclic N) is 1. The zero-order valence-corrected chi connectivity index (χ0v) is 19.5. The Kier molecular flexibility index (Phi) is 6.73. The quantitative estimate of drug-likeness (QED) is 0.378. The Bertz CT molecular complexity index is 1270. The molecule has 1 amide bonds. The van der Waals surface area contributed by atoms with Crippen LogP contribution in [0, 0.1) is 0 Å². The number of amides is 1. The normalized spacial score (nSPS) is 17.0. The summed E-state index contributed by atoms with van der Waals surface area (Å²) in [6, 6.07) is 15.3. The van der Waals surface area contributed by atoms with Crippen LogP contribution in [0.4, 0.5) is 0 Å². The molecule has 4 aromatic rings. The van der Waals surface area contributed by atoms with Gasteiger partial charge in [0.1, 0.15) is 11.5 Å². The van der Waals surface area contributed by atoms with Gasteiger partial charge in [0.2, 0.25) is 11.7 Å². The first-order valence-electron chi connectivity index (χ1n) is 11.6. The molecule has 3 heterocycles. The molecule has 2 N–H and O–H groups in total. The Morgan fingerprint density at radius 2 is 2.20 bits per heavy atom. The van der Waals surface area contributed by atoms with E-state index < -0.39 is 0 Å². The molecule has 0 bridgehead atoms. The molecule has 1 fully saturated rings. The fourth-order valence-electron chi connectivity index (χ4n) is 4.50. The van der Waals surface area contributed by atoms with E-state index in [2.05, 4.69) is 25.5 Å². The van der Waals surface area contributed by atoms with Crippen LogP contribution in [0.3, 0.4) is 0 Å². The highest BCUT2D eigenvalue weighted by Crippen LogP contribution is 2.28. The number of nitrogens with zero attached hydrogens (tertiary/aromatic N) is 5. The average Bonchev–Trinajstić information content (AvgIpc) is 3.63. The zero-order chi connectivity index (χ0) is 24.2. The number of likely N-dealkylation sites (tertiary alicyclic amines) is 1. The van der Waals surface area contributed by atoms with Gasteiger partial charge in [-0.15, -0.1) is 10.2 Å². The highest BCUT2D eigenvalue weighted by molar-refractivity contribution is 5.88. The van der Waals surface area contributed by atoms with Gasteiger partial charge in [-0.3, -0.25) is 9.69 Å². The van der Waals surface area contributed by atoms with Crippen LogP contribution in [-0.2, 0) is 17.8 Å². The van der Waals surface area contributed by atoms with E-state index in [9.17, 15) is 9.90 Å². The lowest BCUT2D eigenvalue weighted by molar-refractivity contribution is -0.132. The Morgan fingerprint density at radius 1 is 1.31 bits per heavy atom. The van der Waals surface area contributed by atoms with E-state index in [1.807, 2.05) is 55.6 Å². The number of likely N-dealkylation sites (N-methyl/N-ethyl adjacent to an activating group) is 1. The second-order valence-corrected chi connectivity index (χ2v) is 8.83. The summed E-state index contributed by atoms with van der Waals surface area (Å²) in [4.78, 5) is 17.4. The molecule has 2 atom stereocenters. The topological polar surface area (TPSA) is 121 Å². The van der Waals surface area contributed by atoms with Gasteiger partial charge in [0.05, 0.1) is 24.8 Å². The van der Waals surface area contributed by atoms with Crippen LogP contribution >= 0.6 is 0 Å². The third-order valence-electron chi connectivity index (χ3n) is 6.44. The van der Waals surface area contributed by atoms with Gasteiger partial charge in [0.15, 0.2) is 6.61 Å². The van der Waals surface area contributed by atoms with Crippen molar-refractivity contribution in [2.75, 3.05) is 26.7 Å². The first-order valence-corrected chi connectivity index (χ1v) is 11.6. The molecule has 182 valence electrons. The maximum absolute atomic E-state index is 13.4. The number of carbonyl (C=O) groups excluding carboxylic acids is 1. The zero-order valence-electron chi connectivity index (χ0n) is 19.5. The first-order chi connectivity index (χ1) is 17.1. The summed E-state index contributed by atoms with van der Waals surface area (Å²) in [6.45, 7) is 2.17. The van der Waals surface area contributed by atoms with Gasteiger partial charge in [0, 0.05) is 37.5 Å². The number of fused-ring (bicyclic) bond motifs is 1. The minimum absolute atomic E-state index is 0.0482. The summed E-state index contributed by atoms with van der Waals surface area (Å²) in [6.07, 6.45) is 2.25. The fourth-order valence-corrected chi connectivity index (χ4v) is 4.50. The molecular weight excluding hydrogens is 448 g/mol. The molecule has 10 heteroatoms.